The van der Waals surface area contributed by atoms with Crippen LogP contribution in [-0.4, -0.2) is 35.8 Å². The smallest absolute Gasteiger partial charge is 0.0546 e. The number of fused-ring (bicyclic) bond motifs is 12. The number of rotatable bonds is 8. The number of para-hydroxylation sites is 2. The largest absolute Gasteiger partial charge is 0.361 e. The normalized spacial score (nSPS) is 18.4. The second-order valence-corrected chi connectivity index (χ2v) is 22.4. The summed E-state index contributed by atoms with van der Waals surface area (Å²) in [5.74, 6) is 0.880. The van der Waals surface area contributed by atoms with Gasteiger partial charge in [-0.25, -0.2) is 0 Å². The molecule has 1 saturated heterocycles. The molecule has 6 heterocycles. The lowest BCUT2D eigenvalue weighted by Gasteiger charge is -2.36. The van der Waals surface area contributed by atoms with Crippen LogP contribution in [0.5, 0.6) is 0 Å². The Kier molecular flexibility index (Phi) is 10.6. The Morgan fingerprint density at radius 3 is 1.52 bits per heavy atom. The topological polar surface area (TPSA) is 43.8 Å². The third-order valence-corrected chi connectivity index (χ3v) is 18.2. The predicted molar refractivity (Wildman–Crippen MR) is 340 cm³/mol. The first-order valence-corrected chi connectivity index (χ1v) is 28.7. The number of aromatic nitrogens is 5. The molecule has 6 heteroatoms. The van der Waals surface area contributed by atoms with Gasteiger partial charge in [0.15, 0.2) is 0 Å². The summed E-state index contributed by atoms with van der Waals surface area (Å²) in [5.41, 5.74) is 20.2. The van der Waals surface area contributed by atoms with Crippen LogP contribution in [0.15, 0.2) is 286 Å². The van der Waals surface area contributed by atoms with Gasteiger partial charge in [-0.05, 0) is 155 Å². The minimum absolute atomic E-state index is 0.197. The van der Waals surface area contributed by atoms with E-state index in [0.29, 0.717) is 17.9 Å². The standard InChI is InChI=1S/C76H54N6/c1-3-15-49(16-4-1)50-29-37-71-65(43-50)66-46-58(36-40-72(66)79(71)55-19-5-2-6-20-55)82-68-26-10-8-22-62(68)76-60(24-12-28-74(76)82)59-23-11-27-73-75(59)61-21-7-9-25-67(61)81(73)57-34-32-56(33-35-57)80-69-38-30-51(53-17-13-41-77-47-53)44-63(69)64-45-52(31-39-70(64)80)54-18-14-42-78-48-54/h1-26,28-48,59,61,67,73,75H,27H2. The summed E-state index contributed by atoms with van der Waals surface area (Å²) >= 11 is 0. The van der Waals surface area contributed by atoms with Crippen molar-refractivity contribution < 1.29 is 0 Å². The van der Waals surface area contributed by atoms with Gasteiger partial charge in [-0.2, -0.15) is 0 Å². The van der Waals surface area contributed by atoms with E-state index in [1.54, 1.807) is 0 Å². The molecule has 5 unspecified atom stereocenters. The van der Waals surface area contributed by atoms with Gasteiger partial charge in [0.25, 0.3) is 0 Å². The minimum Gasteiger partial charge on any atom is -0.361 e. The number of hydrogen-bond acceptors (Lipinski definition) is 3. The Morgan fingerprint density at radius 2 is 0.866 bits per heavy atom. The molecule has 17 rings (SSSR count). The molecular weight excluding hydrogens is 997 g/mol. The third-order valence-electron chi connectivity index (χ3n) is 18.2. The van der Waals surface area contributed by atoms with Gasteiger partial charge < -0.3 is 18.6 Å². The maximum atomic E-state index is 4.46. The van der Waals surface area contributed by atoms with Crippen LogP contribution in [0.1, 0.15) is 17.9 Å². The molecule has 0 spiro atoms. The average molecular weight is 1050 g/mol. The zero-order valence-electron chi connectivity index (χ0n) is 44.9. The van der Waals surface area contributed by atoms with E-state index in [2.05, 4.69) is 277 Å². The summed E-state index contributed by atoms with van der Waals surface area (Å²) < 4.78 is 7.38. The quantitative estimate of drug-likeness (QED) is 0.142. The Balaban J connectivity index is 0.765. The molecule has 2 aliphatic carbocycles. The summed E-state index contributed by atoms with van der Waals surface area (Å²) in [6.45, 7) is 0. The van der Waals surface area contributed by atoms with Crippen molar-refractivity contribution >= 4 is 71.1 Å². The number of pyridine rings is 2. The fourth-order valence-electron chi connectivity index (χ4n) is 14.7. The molecule has 0 saturated carbocycles. The van der Waals surface area contributed by atoms with E-state index in [1.165, 1.54) is 87.8 Å². The van der Waals surface area contributed by atoms with Crippen molar-refractivity contribution in [1.82, 2.24) is 23.7 Å². The van der Waals surface area contributed by atoms with Crippen LogP contribution in [0.4, 0.5) is 5.69 Å². The van der Waals surface area contributed by atoms with Crippen molar-refractivity contribution in [3.63, 3.8) is 0 Å². The van der Waals surface area contributed by atoms with Crippen LogP contribution in [0, 0.1) is 11.8 Å². The monoisotopic (exact) mass is 1050 g/mol. The molecular formula is C76H54N6. The maximum Gasteiger partial charge on any atom is 0.0546 e. The van der Waals surface area contributed by atoms with E-state index in [9.17, 15) is 0 Å². The zero-order chi connectivity index (χ0) is 53.8. The highest BCUT2D eigenvalue weighted by molar-refractivity contribution is 6.14. The van der Waals surface area contributed by atoms with Crippen LogP contribution in [0.2, 0.25) is 0 Å². The summed E-state index contributed by atoms with van der Waals surface area (Å²) in [5, 5.41) is 7.52. The molecule has 388 valence electrons. The molecule has 0 radical (unpaired) electrons. The molecule has 82 heavy (non-hydrogen) atoms. The fraction of sp³-hybridized carbons (Fsp3) is 0.0789. The first-order chi connectivity index (χ1) is 40.7. The molecule has 5 atom stereocenters. The van der Waals surface area contributed by atoms with Crippen molar-refractivity contribution in [2.45, 2.75) is 24.4 Å². The van der Waals surface area contributed by atoms with Gasteiger partial charge in [-0.15, -0.1) is 0 Å². The molecule has 1 fully saturated rings. The number of benzene rings is 9. The fourth-order valence-corrected chi connectivity index (χ4v) is 14.7. The SMILES string of the molecule is C1=CC2C3C(c4cccc5c4c4ccccc4n5-c4ccc5c(c4)c4cc(-c6ccccc6)ccc4n5-c4ccccc4)C=CCC3N(c3ccc(-n4c5ccc(-c6cccnc6)cc5c5cc(-c6cccnc6)ccc54)cc3)C2C=C1. The van der Waals surface area contributed by atoms with Gasteiger partial charge in [0, 0.05) is 109 Å². The van der Waals surface area contributed by atoms with Crippen LogP contribution in [0.3, 0.4) is 0 Å². The van der Waals surface area contributed by atoms with Gasteiger partial charge in [-0.3, -0.25) is 9.97 Å². The van der Waals surface area contributed by atoms with E-state index in [-0.39, 0.29) is 12.0 Å². The highest BCUT2D eigenvalue weighted by Gasteiger charge is 2.51. The van der Waals surface area contributed by atoms with E-state index in [4.69, 9.17) is 0 Å². The first kappa shape index (κ1) is 46.6. The van der Waals surface area contributed by atoms with E-state index in [1.807, 2.05) is 36.9 Å². The summed E-state index contributed by atoms with van der Waals surface area (Å²) in [7, 11) is 0. The van der Waals surface area contributed by atoms with Crippen LogP contribution in [-0.2, 0) is 0 Å². The molecule has 6 nitrogen and oxygen atoms in total. The molecule has 1 aliphatic heterocycles. The minimum atomic E-state index is 0.197. The van der Waals surface area contributed by atoms with Gasteiger partial charge in [0.1, 0.15) is 0 Å². The number of anilines is 1. The molecule has 0 bridgehead atoms. The summed E-state index contributed by atoms with van der Waals surface area (Å²) in [6.07, 6.45) is 23.1. The highest BCUT2D eigenvalue weighted by atomic mass is 15.2. The summed E-state index contributed by atoms with van der Waals surface area (Å²) in [4.78, 5) is 11.7. The Bertz CT molecular complexity index is 4820. The van der Waals surface area contributed by atoms with Crippen molar-refractivity contribution in [2.75, 3.05) is 4.90 Å². The average Bonchev–Trinajstić information content (AvgIpc) is 3.40. The van der Waals surface area contributed by atoms with E-state index < -0.39 is 0 Å². The maximum absolute atomic E-state index is 4.46. The van der Waals surface area contributed by atoms with Gasteiger partial charge in [-0.1, -0.05) is 146 Å². The molecule has 14 aromatic rings. The van der Waals surface area contributed by atoms with Crippen LogP contribution < -0.4 is 4.90 Å². The first-order valence-electron chi connectivity index (χ1n) is 28.7. The third kappa shape index (κ3) is 7.20. The lowest BCUT2D eigenvalue weighted by atomic mass is 9.70. The molecule has 9 aromatic carbocycles. The number of allylic oxidation sites excluding steroid dienone is 3. The van der Waals surface area contributed by atoms with Crippen LogP contribution >= 0.6 is 0 Å². The Hall–Kier alpha value is -10.3. The lowest BCUT2D eigenvalue weighted by molar-refractivity contribution is 0.360. The van der Waals surface area contributed by atoms with Crippen molar-refractivity contribution in [1.29, 1.82) is 0 Å². The van der Waals surface area contributed by atoms with Gasteiger partial charge >= 0.3 is 0 Å². The number of nitrogens with zero attached hydrogens (tertiary/aromatic N) is 6. The Labute approximate surface area is 475 Å². The molecule has 0 amide bonds. The van der Waals surface area contributed by atoms with Gasteiger partial charge in [0.2, 0.25) is 0 Å². The Morgan fingerprint density at radius 1 is 0.354 bits per heavy atom. The lowest BCUT2D eigenvalue weighted by Crippen LogP contribution is -2.39. The van der Waals surface area contributed by atoms with Crippen LogP contribution in [0.25, 0.3) is 116 Å². The zero-order valence-corrected chi connectivity index (χ0v) is 44.9. The second-order valence-electron chi connectivity index (χ2n) is 22.4. The molecule has 3 aliphatic rings. The van der Waals surface area contributed by atoms with E-state index >= 15 is 0 Å². The second kappa shape index (κ2) is 18.7. The predicted octanol–water partition coefficient (Wildman–Crippen LogP) is 18.4. The summed E-state index contributed by atoms with van der Waals surface area (Å²) in [6, 6.07) is 83.7. The highest BCUT2D eigenvalue weighted by Crippen LogP contribution is 2.53. The van der Waals surface area contributed by atoms with Crippen molar-refractivity contribution in [2.24, 2.45) is 11.8 Å². The van der Waals surface area contributed by atoms with E-state index in [0.717, 1.165) is 45.7 Å². The molecule has 5 aromatic heterocycles. The van der Waals surface area contributed by atoms with Crippen molar-refractivity contribution in [3.05, 3.63) is 291 Å². The van der Waals surface area contributed by atoms with Crippen molar-refractivity contribution in [3.8, 4) is 50.4 Å². The molecule has 0 N–H and O–H groups in total. The number of hydrogen-bond donors (Lipinski definition) is 0. The van der Waals surface area contributed by atoms with Gasteiger partial charge in [0.05, 0.1) is 39.1 Å².